The van der Waals surface area contributed by atoms with Crippen LogP contribution in [0.5, 0.6) is 0 Å². The second-order valence-electron chi connectivity index (χ2n) is 5.26. The number of carbonyl (C=O) groups is 2. The zero-order valence-corrected chi connectivity index (χ0v) is 14.8. The van der Waals surface area contributed by atoms with E-state index in [-0.39, 0.29) is 11.9 Å². The Morgan fingerprint density at radius 2 is 1.67 bits per heavy atom. The molecule has 5 nitrogen and oxygen atoms in total. The van der Waals surface area contributed by atoms with Gasteiger partial charge in [-0.15, -0.1) is 0 Å². The average Bonchev–Trinajstić information content (AvgIpc) is 2.51. The summed E-state index contributed by atoms with van der Waals surface area (Å²) in [6.07, 6.45) is 0. The zero-order valence-electron chi connectivity index (χ0n) is 13.3. The monoisotopic (exact) mass is 365 g/mol. The summed E-state index contributed by atoms with van der Waals surface area (Å²) in [6.45, 7) is 1.74. The Morgan fingerprint density at radius 1 is 1.04 bits per heavy atom. The molecule has 0 atom stereocenters. The number of halogens is 2. The van der Waals surface area contributed by atoms with Crippen molar-refractivity contribution in [3.05, 3.63) is 58.1 Å². The molecule has 2 aromatic rings. The third-order valence-corrected chi connectivity index (χ3v) is 4.08. The fourth-order valence-electron chi connectivity index (χ4n) is 2.09. The minimum atomic E-state index is -0.300. The van der Waals surface area contributed by atoms with Crippen LogP contribution in [-0.2, 0) is 11.3 Å². The van der Waals surface area contributed by atoms with Gasteiger partial charge in [0.15, 0.2) is 0 Å². The van der Waals surface area contributed by atoms with Crippen LogP contribution in [0.2, 0.25) is 10.0 Å². The van der Waals surface area contributed by atoms with Crippen molar-refractivity contribution in [3.63, 3.8) is 0 Å². The molecule has 0 aliphatic heterocycles. The Labute approximate surface area is 150 Å². The van der Waals surface area contributed by atoms with Gasteiger partial charge < -0.3 is 15.5 Å². The molecule has 0 aromatic heterocycles. The number of rotatable bonds is 4. The summed E-state index contributed by atoms with van der Waals surface area (Å²) in [4.78, 5) is 24.9. The lowest BCUT2D eigenvalue weighted by Crippen LogP contribution is -2.31. The molecular formula is C17H17Cl2N3O2. The number of hydrogen-bond donors (Lipinski definition) is 2. The van der Waals surface area contributed by atoms with E-state index in [1.54, 1.807) is 43.4 Å². The first-order valence-electron chi connectivity index (χ1n) is 7.19. The highest BCUT2D eigenvalue weighted by Gasteiger charge is 2.13. The molecule has 0 unspecified atom stereocenters. The van der Waals surface area contributed by atoms with Crippen LogP contribution in [0.3, 0.4) is 0 Å². The molecule has 2 aromatic carbocycles. The largest absolute Gasteiger partial charge is 0.326 e. The Bertz CT molecular complexity index is 765. The number of nitrogens with zero attached hydrogens (tertiary/aromatic N) is 1. The Kier molecular flexibility index (Phi) is 6.06. The molecule has 0 saturated heterocycles. The Balaban J connectivity index is 2.04. The number of urea groups is 1. The highest BCUT2D eigenvalue weighted by molar-refractivity contribution is 6.42. The number of amides is 3. The van der Waals surface area contributed by atoms with E-state index in [1.807, 2.05) is 6.07 Å². The lowest BCUT2D eigenvalue weighted by Gasteiger charge is -2.19. The van der Waals surface area contributed by atoms with Gasteiger partial charge in [0.05, 0.1) is 10.0 Å². The summed E-state index contributed by atoms with van der Waals surface area (Å²) >= 11 is 12.1. The molecule has 0 radical (unpaired) electrons. The van der Waals surface area contributed by atoms with Gasteiger partial charge >= 0.3 is 6.03 Å². The number of carbonyl (C=O) groups excluding carboxylic acids is 2. The predicted octanol–water partition coefficient (Wildman–Crippen LogP) is 4.62. The molecule has 2 N–H and O–H groups in total. The van der Waals surface area contributed by atoms with E-state index in [1.165, 1.54) is 11.8 Å². The topological polar surface area (TPSA) is 61.4 Å². The van der Waals surface area contributed by atoms with Gasteiger partial charge in [-0.2, -0.15) is 0 Å². The van der Waals surface area contributed by atoms with Gasteiger partial charge in [-0.05, 0) is 29.8 Å². The minimum Gasteiger partial charge on any atom is -0.326 e. The second kappa shape index (κ2) is 8.04. The smallest absolute Gasteiger partial charge is 0.321 e. The fourth-order valence-corrected chi connectivity index (χ4v) is 2.47. The van der Waals surface area contributed by atoms with Gasteiger partial charge in [0.25, 0.3) is 0 Å². The lowest BCUT2D eigenvalue weighted by atomic mass is 10.2. The first-order valence-corrected chi connectivity index (χ1v) is 7.95. The van der Waals surface area contributed by atoms with Gasteiger partial charge in [-0.25, -0.2) is 4.79 Å². The van der Waals surface area contributed by atoms with Crippen molar-refractivity contribution in [2.75, 3.05) is 17.7 Å². The maximum absolute atomic E-state index is 12.3. The van der Waals surface area contributed by atoms with Crippen LogP contribution in [0.15, 0.2) is 42.5 Å². The van der Waals surface area contributed by atoms with Crippen molar-refractivity contribution in [3.8, 4) is 0 Å². The quantitative estimate of drug-likeness (QED) is 0.830. The Morgan fingerprint density at radius 3 is 2.33 bits per heavy atom. The summed E-state index contributed by atoms with van der Waals surface area (Å²) in [5.74, 6) is -0.175. The van der Waals surface area contributed by atoms with E-state index < -0.39 is 0 Å². The molecule has 0 heterocycles. The maximum Gasteiger partial charge on any atom is 0.321 e. The lowest BCUT2D eigenvalue weighted by molar-refractivity contribution is -0.114. The molecule has 0 aliphatic rings. The van der Waals surface area contributed by atoms with Crippen molar-refractivity contribution >= 4 is 46.5 Å². The molecule has 126 valence electrons. The number of benzene rings is 2. The van der Waals surface area contributed by atoms with Crippen LogP contribution in [0.1, 0.15) is 12.5 Å². The first kappa shape index (κ1) is 18.1. The highest BCUT2D eigenvalue weighted by atomic mass is 35.5. The van der Waals surface area contributed by atoms with Gasteiger partial charge in [0.2, 0.25) is 5.91 Å². The summed E-state index contributed by atoms with van der Waals surface area (Å²) in [5, 5.41) is 6.32. The molecule has 0 spiro atoms. The van der Waals surface area contributed by atoms with E-state index >= 15 is 0 Å². The van der Waals surface area contributed by atoms with E-state index in [9.17, 15) is 9.59 Å². The summed E-state index contributed by atoms with van der Waals surface area (Å²) < 4.78 is 0. The minimum absolute atomic E-state index is 0.175. The van der Waals surface area contributed by atoms with Crippen LogP contribution in [0.4, 0.5) is 16.2 Å². The van der Waals surface area contributed by atoms with Crippen molar-refractivity contribution in [1.29, 1.82) is 0 Å². The molecule has 7 heteroatoms. The molecule has 0 aliphatic carbocycles. The van der Waals surface area contributed by atoms with Crippen molar-refractivity contribution in [2.45, 2.75) is 13.5 Å². The van der Waals surface area contributed by atoms with Crippen LogP contribution in [0.25, 0.3) is 0 Å². The van der Waals surface area contributed by atoms with Crippen molar-refractivity contribution < 1.29 is 9.59 Å². The third kappa shape index (κ3) is 4.88. The van der Waals surface area contributed by atoms with E-state index in [4.69, 9.17) is 23.2 Å². The van der Waals surface area contributed by atoms with Crippen LogP contribution in [0, 0.1) is 0 Å². The van der Waals surface area contributed by atoms with Crippen molar-refractivity contribution in [1.82, 2.24) is 4.90 Å². The molecule has 3 amide bonds. The van der Waals surface area contributed by atoms with Crippen LogP contribution in [-0.4, -0.2) is 23.9 Å². The predicted molar refractivity (Wildman–Crippen MR) is 97.7 cm³/mol. The molecule has 0 bridgehead atoms. The SMILES string of the molecule is CC(=O)Nc1cccc(NC(=O)N(C)Cc2cccc(Cl)c2Cl)c1. The summed E-state index contributed by atoms with van der Waals surface area (Å²) in [7, 11) is 1.66. The molecule has 0 fully saturated rings. The van der Waals surface area contributed by atoms with E-state index in [0.29, 0.717) is 28.0 Å². The van der Waals surface area contributed by atoms with Gasteiger partial charge in [-0.1, -0.05) is 41.4 Å². The normalized spacial score (nSPS) is 10.2. The van der Waals surface area contributed by atoms with Crippen molar-refractivity contribution in [2.24, 2.45) is 0 Å². The molecule has 0 saturated carbocycles. The van der Waals surface area contributed by atoms with Gasteiger partial charge in [0, 0.05) is 31.9 Å². The third-order valence-electron chi connectivity index (χ3n) is 3.22. The summed E-state index contributed by atoms with van der Waals surface area (Å²) in [6, 6.07) is 11.9. The molecule has 2 rings (SSSR count). The Hall–Kier alpha value is -2.24. The van der Waals surface area contributed by atoms with E-state index in [0.717, 1.165) is 5.56 Å². The maximum atomic E-state index is 12.3. The van der Waals surface area contributed by atoms with Crippen LogP contribution >= 0.6 is 23.2 Å². The molecular weight excluding hydrogens is 349 g/mol. The molecule has 24 heavy (non-hydrogen) atoms. The van der Waals surface area contributed by atoms with Gasteiger partial charge in [-0.3, -0.25) is 4.79 Å². The number of hydrogen-bond acceptors (Lipinski definition) is 2. The highest BCUT2D eigenvalue weighted by Crippen LogP contribution is 2.26. The fraction of sp³-hybridized carbons (Fsp3) is 0.176. The van der Waals surface area contributed by atoms with Gasteiger partial charge in [0.1, 0.15) is 0 Å². The standard InChI is InChI=1S/C17H17Cl2N3O2/c1-11(23)20-13-6-4-7-14(9-13)21-17(24)22(2)10-12-5-3-8-15(18)16(12)19/h3-9H,10H2,1-2H3,(H,20,23)(H,21,24). The second-order valence-corrected chi connectivity index (χ2v) is 6.05. The van der Waals surface area contributed by atoms with E-state index in [2.05, 4.69) is 10.6 Å². The van der Waals surface area contributed by atoms with Crippen LogP contribution < -0.4 is 10.6 Å². The number of nitrogens with one attached hydrogen (secondary N) is 2. The average molecular weight is 366 g/mol. The zero-order chi connectivity index (χ0) is 17.7. The first-order chi connectivity index (χ1) is 11.4. The summed E-state index contributed by atoms with van der Waals surface area (Å²) in [5.41, 5.74) is 1.95. The number of anilines is 2.